The van der Waals surface area contributed by atoms with Gasteiger partial charge < -0.3 is 20.3 Å². The van der Waals surface area contributed by atoms with Crippen LogP contribution >= 0.6 is 11.6 Å². The summed E-state index contributed by atoms with van der Waals surface area (Å²) in [5.74, 6) is -4.34. The maximum absolute atomic E-state index is 13.1. The van der Waals surface area contributed by atoms with Gasteiger partial charge >= 0.3 is 5.97 Å². The number of unbranched alkanes of at least 4 members (excludes halogenated alkanes) is 1. The second kappa shape index (κ2) is 17.8. The topological polar surface area (TPSA) is 217 Å². The molecule has 15 nitrogen and oxygen atoms in total. The molecule has 270 valence electrons. The second-order valence-corrected chi connectivity index (χ2v) is 12.4. The molecule has 0 aliphatic heterocycles. The fraction of sp³-hybridized carbons (Fsp3) is 0.278. The molecule has 0 spiro atoms. The number of carbonyl (C=O) groups excluding carboxylic acids is 3. The van der Waals surface area contributed by atoms with Crippen molar-refractivity contribution in [3.8, 4) is 22.5 Å². The monoisotopic (exact) mass is 727 g/mol. The van der Waals surface area contributed by atoms with Crippen molar-refractivity contribution < 1.29 is 29.5 Å². The minimum absolute atomic E-state index is 0.0587. The molecule has 0 aliphatic carbocycles. The SMILES string of the molecule is CCCCc1nc(Cl)c(CNC(=O)CC(NC(=O)C(Cc2ccccc2)C(=O)NO)C(=O)O)n1Cc1ccc(-c2ccccc2-c2nn[nH]n2)cc1. The van der Waals surface area contributed by atoms with Gasteiger partial charge in [-0.2, -0.15) is 5.21 Å². The Bertz CT molecular complexity index is 1990. The first-order valence-electron chi connectivity index (χ1n) is 16.6. The molecule has 2 atom stereocenters. The number of carbonyl (C=O) groups is 4. The van der Waals surface area contributed by atoms with Crippen molar-refractivity contribution in [2.24, 2.45) is 5.92 Å². The zero-order valence-electron chi connectivity index (χ0n) is 28.3. The number of imidazole rings is 1. The number of H-pyrrole nitrogens is 1. The molecule has 3 amide bonds. The minimum atomic E-state index is -1.65. The van der Waals surface area contributed by atoms with Crippen LogP contribution in [0.1, 0.15) is 48.8 Å². The van der Waals surface area contributed by atoms with Gasteiger partial charge in [-0.3, -0.25) is 19.6 Å². The third-order valence-electron chi connectivity index (χ3n) is 8.46. The average Bonchev–Trinajstić information content (AvgIpc) is 3.80. The Kier molecular flexibility index (Phi) is 12.8. The van der Waals surface area contributed by atoms with Gasteiger partial charge in [-0.05, 0) is 40.3 Å². The molecule has 0 aliphatic rings. The van der Waals surface area contributed by atoms with Gasteiger partial charge in [-0.1, -0.05) is 104 Å². The van der Waals surface area contributed by atoms with Crippen molar-refractivity contribution in [1.29, 1.82) is 0 Å². The van der Waals surface area contributed by atoms with Crippen LogP contribution in [0.2, 0.25) is 5.15 Å². The van der Waals surface area contributed by atoms with Crippen molar-refractivity contribution in [3.63, 3.8) is 0 Å². The number of aromatic amines is 1. The zero-order chi connectivity index (χ0) is 37.0. The Balaban J connectivity index is 1.28. The molecular weight excluding hydrogens is 690 g/mol. The fourth-order valence-electron chi connectivity index (χ4n) is 5.71. The van der Waals surface area contributed by atoms with E-state index in [-0.39, 0.29) is 18.1 Å². The van der Waals surface area contributed by atoms with Crippen LogP contribution in [-0.4, -0.2) is 70.2 Å². The van der Waals surface area contributed by atoms with Gasteiger partial charge in [-0.25, -0.2) is 15.3 Å². The summed E-state index contributed by atoms with van der Waals surface area (Å²) in [5, 5.41) is 38.6. The van der Waals surface area contributed by atoms with Crippen molar-refractivity contribution in [2.45, 2.75) is 58.2 Å². The summed E-state index contributed by atoms with van der Waals surface area (Å²) in [6.07, 6.45) is 1.72. The van der Waals surface area contributed by atoms with Crippen molar-refractivity contribution in [1.82, 2.24) is 46.3 Å². The molecule has 2 unspecified atom stereocenters. The highest BCUT2D eigenvalue weighted by Crippen LogP contribution is 2.30. The number of hydroxylamine groups is 1. The summed E-state index contributed by atoms with van der Waals surface area (Å²) in [6.45, 7) is 2.41. The molecule has 5 aromatic rings. The van der Waals surface area contributed by atoms with Crippen LogP contribution in [0.25, 0.3) is 22.5 Å². The molecule has 2 aromatic heterocycles. The van der Waals surface area contributed by atoms with E-state index in [0.717, 1.165) is 40.9 Å². The Morgan fingerprint density at radius 3 is 2.29 bits per heavy atom. The Morgan fingerprint density at radius 1 is 0.923 bits per heavy atom. The third-order valence-corrected chi connectivity index (χ3v) is 8.76. The van der Waals surface area contributed by atoms with Crippen LogP contribution in [-0.2, 0) is 45.1 Å². The number of hydrogen-bond donors (Lipinski definition) is 6. The number of carboxylic acids is 1. The molecule has 52 heavy (non-hydrogen) atoms. The van der Waals surface area contributed by atoms with E-state index in [4.69, 9.17) is 11.6 Å². The van der Waals surface area contributed by atoms with Crippen LogP contribution in [0.4, 0.5) is 0 Å². The normalized spacial score (nSPS) is 12.1. The molecule has 0 radical (unpaired) electrons. The number of aliphatic carboxylic acids is 1. The molecule has 0 saturated heterocycles. The summed E-state index contributed by atoms with van der Waals surface area (Å²) in [7, 11) is 0. The number of aromatic nitrogens is 6. The Labute approximate surface area is 303 Å². The lowest BCUT2D eigenvalue weighted by Gasteiger charge is -2.19. The van der Waals surface area contributed by atoms with E-state index in [1.54, 1.807) is 30.3 Å². The number of aryl methyl sites for hydroxylation is 1. The van der Waals surface area contributed by atoms with Gasteiger partial charge in [0.25, 0.3) is 5.91 Å². The zero-order valence-corrected chi connectivity index (χ0v) is 29.0. The number of halogens is 1. The van der Waals surface area contributed by atoms with Crippen LogP contribution in [0.3, 0.4) is 0 Å². The number of carboxylic acid groups (broad SMARTS) is 1. The van der Waals surface area contributed by atoms with E-state index in [1.165, 1.54) is 5.48 Å². The number of nitrogens with zero attached hydrogens (tertiary/aromatic N) is 5. The van der Waals surface area contributed by atoms with Crippen LogP contribution in [0.5, 0.6) is 0 Å². The molecular formula is C36H38ClN9O6. The Morgan fingerprint density at radius 2 is 1.63 bits per heavy atom. The predicted molar refractivity (Wildman–Crippen MR) is 190 cm³/mol. The standard InChI is InChI=1S/C36H38ClN9O6/c1-2-3-13-30-40-32(37)29(46(30)21-23-14-16-24(17-15-23)25-11-7-8-12-26(25)33-41-44-45-42-33)20-38-31(47)19-28(36(50)51)39-34(48)27(35(49)43-52)18-22-9-5-4-6-10-22/h4-12,14-17,27-28,52H,2-3,13,18-21H2,1H3,(H,38,47)(H,39,48)(H,43,49)(H,50,51)(H,41,42,44,45). The molecule has 3 aromatic carbocycles. The van der Waals surface area contributed by atoms with Gasteiger partial charge in [0, 0.05) is 18.5 Å². The first kappa shape index (κ1) is 37.3. The van der Waals surface area contributed by atoms with E-state index in [9.17, 15) is 29.5 Å². The van der Waals surface area contributed by atoms with Gasteiger partial charge in [0.15, 0.2) is 5.15 Å². The van der Waals surface area contributed by atoms with E-state index in [0.29, 0.717) is 30.0 Å². The quantitative estimate of drug-likeness (QED) is 0.0464. The molecule has 6 N–H and O–H groups in total. The van der Waals surface area contributed by atoms with E-state index in [1.807, 2.05) is 53.1 Å². The summed E-state index contributed by atoms with van der Waals surface area (Å²) in [6, 6.07) is 22.6. The number of hydrogen-bond acceptors (Lipinski definition) is 9. The largest absolute Gasteiger partial charge is 0.480 e. The number of rotatable bonds is 17. The van der Waals surface area contributed by atoms with Gasteiger partial charge in [-0.15, -0.1) is 10.2 Å². The molecule has 5 rings (SSSR count). The lowest BCUT2D eigenvalue weighted by Crippen LogP contribution is -2.49. The maximum Gasteiger partial charge on any atom is 0.326 e. The maximum atomic E-state index is 13.1. The molecule has 2 heterocycles. The highest BCUT2D eigenvalue weighted by atomic mass is 35.5. The summed E-state index contributed by atoms with van der Waals surface area (Å²) >= 11 is 6.61. The van der Waals surface area contributed by atoms with Gasteiger partial charge in [0.05, 0.1) is 18.7 Å². The second-order valence-electron chi connectivity index (χ2n) is 12.0. The van der Waals surface area contributed by atoms with Crippen molar-refractivity contribution in [2.75, 3.05) is 0 Å². The predicted octanol–water partition coefficient (Wildman–Crippen LogP) is 3.71. The van der Waals surface area contributed by atoms with Crippen LogP contribution in [0.15, 0.2) is 78.9 Å². The van der Waals surface area contributed by atoms with E-state index in [2.05, 4.69) is 43.2 Å². The average molecular weight is 728 g/mol. The number of amides is 3. The summed E-state index contributed by atoms with van der Waals surface area (Å²) < 4.78 is 1.94. The molecule has 16 heteroatoms. The smallest absolute Gasteiger partial charge is 0.326 e. The lowest BCUT2D eigenvalue weighted by atomic mass is 9.97. The Hall–Kier alpha value is -5.93. The highest BCUT2D eigenvalue weighted by molar-refractivity contribution is 6.30. The van der Waals surface area contributed by atoms with Gasteiger partial charge in [0.1, 0.15) is 17.8 Å². The van der Waals surface area contributed by atoms with Crippen LogP contribution < -0.4 is 16.1 Å². The first-order chi connectivity index (χ1) is 25.2. The summed E-state index contributed by atoms with van der Waals surface area (Å²) in [5.41, 5.74) is 6.27. The van der Waals surface area contributed by atoms with Crippen LogP contribution in [0, 0.1) is 5.92 Å². The fourth-order valence-corrected chi connectivity index (χ4v) is 5.97. The molecule has 0 bridgehead atoms. The molecule has 0 fully saturated rings. The lowest BCUT2D eigenvalue weighted by molar-refractivity contribution is -0.147. The third kappa shape index (κ3) is 9.44. The van der Waals surface area contributed by atoms with Crippen molar-refractivity contribution >= 4 is 35.3 Å². The first-order valence-corrected chi connectivity index (χ1v) is 17.0. The number of benzene rings is 3. The van der Waals surface area contributed by atoms with Gasteiger partial charge in [0.2, 0.25) is 17.6 Å². The van der Waals surface area contributed by atoms with E-state index < -0.39 is 42.1 Å². The summed E-state index contributed by atoms with van der Waals surface area (Å²) in [4.78, 5) is 55.1. The minimum Gasteiger partial charge on any atom is -0.480 e. The highest BCUT2D eigenvalue weighted by Gasteiger charge is 2.32. The number of tetrazole rings is 1. The van der Waals surface area contributed by atoms with Crippen molar-refractivity contribution in [3.05, 3.63) is 107 Å². The number of nitrogens with one attached hydrogen (secondary N) is 4. The van der Waals surface area contributed by atoms with E-state index >= 15 is 0 Å². The molecule has 0 saturated carbocycles.